The summed E-state index contributed by atoms with van der Waals surface area (Å²) in [5.41, 5.74) is -0.109. The maximum absolute atomic E-state index is 10.9. The molecule has 0 bridgehead atoms. The molecular formula is C24H47NO8. The molecule has 0 unspecified atom stereocenters. The van der Waals surface area contributed by atoms with Crippen LogP contribution in [0.15, 0.2) is 12.7 Å². The summed E-state index contributed by atoms with van der Waals surface area (Å²) in [6.45, 7) is 21.2. The van der Waals surface area contributed by atoms with Crippen LogP contribution in [-0.4, -0.2) is 104 Å². The Morgan fingerprint density at radius 3 is 1.30 bits per heavy atom. The summed E-state index contributed by atoms with van der Waals surface area (Å²) < 4.78 is 38.5. The Hall–Kier alpha value is -1.07. The van der Waals surface area contributed by atoms with E-state index in [0.717, 1.165) is 0 Å². The van der Waals surface area contributed by atoms with E-state index in [4.69, 9.17) is 33.2 Å². The Bertz CT molecular complexity index is 480. The van der Waals surface area contributed by atoms with Crippen molar-refractivity contribution < 1.29 is 38.0 Å². The third-order valence-corrected chi connectivity index (χ3v) is 5.09. The number of amides is 1. The van der Waals surface area contributed by atoms with Gasteiger partial charge in [-0.25, -0.2) is 0 Å². The Labute approximate surface area is 200 Å². The highest BCUT2D eigenvalue weighted by Gasteiger charge is 2.33. The highest BCUT2D eigenvalue weighted by molar-refractivity contribution is 5.86. The van der Waals surface area contributed by atoms with E-state index in [1.54, 1.807) is 0 Å². The smallest absolute Gasteiger partial charge is 0.243 e. The van der Waals surface area contributed by atoms with Crippen molar-refractivity contribution in [1.29, 1.82) is 0 Å². The van der Waals surface area contributed by atoms with Gasteiger partial charge in [0, 0.05) is 6.54 Å². The lowest BCUT2D eigenvalue weighted by Crippen LogP contribution is -2.40. The summed E-state index contributed by atoms with van der Waals surface area (Å²) in [6, 6.07) is 0. The van der Waals surface area contributed by atoms with E-state index in [1.807, 2.05) is 0 Å². The minimum absolute atomic E-state index is 0.0819. The van der Waals surface area contributed by atoms with Gasteiger partial charge in [0.15, 0.2) is 0 Å². The fraction of sp³-hybridized carbons (Fsp3) is 0.875. The van der Waals surface area contributed by atoms with Crippen molar-refractivity contribution >= 4 is 5.91 Å². The van der Waals surface area contributed by atoms with E-state index >= 15 is 0 Å². The number of carbonyl (C=O) groups is 1. The summed E-state index contributed by atoms with van der Waals surface area (Å²) in [4.78, 5) is 10.9. The zero-order valence-corrected chi connectivity index (χ0v) is 21.4. The third-order valence-electron chi connectivity index (χ3n) is 5.09. The summed E-state index contributed by atoms with van der Waals surface area (Å²) >= 11 is 0. The second kappa shape index (κ2) is 20.3. The van der Waals surface area contributed by atoms with Crippen LogP contribution in [0.1, 0.15) is 34.6 Å². The predicted octanol–water partition coefficient (Wildman–Crippen LogP) is 2.23. The van der Waals surface area contributed by atoms with Crippen molar-refractivity contribution in [3.63, 3.8) is 0 Å². The molecule has 196 valence electrons. The van der Waals surface area contributed by atoms with Gasteiger partial charge in [0.25, 0.3) is 0 Å². The molecule has 1 amide bonds. The molecule has 9 heteroatoms. The molecule has 0 aliphatic rings. The van der Waals surface area contributed by atoms with Crippen LogP contribution in [0, 0.1) is 5.41 Å². The first kappa shape index (κ1) is 31.9. The first-order valence-corrected chi connectivity index (χ1v) is 11.7. The molecule has 1 N–H and O–H groups in total. The van der Waals surface area contributed by atoms with Gasteiger partial charge in [-0.2, -0.15) is 0 Å². The van der Waals surface area contributed by atoms with Crippen LogP contribution >= 0.6 is 0 Å². The fourth-order valence-corrected chi connectivity index (χ4v) is 2.09. The molecule has 0 saturated heterocycles. The van der Waals surface area contributed by atoms with Crippen molar-refractivity contribution in [2.45, 2.75) is 40.2 Å². The summed E-state index contributed by atoms with van der Waals surface area (Å²) in [5, 5.41) is 2.63. The van der Waals surface area contributed by atoms with Gasteiger partial charge < -0.3 is 38.5 Å². The van der Waals surface area contributed by atoms with Crippen LogP contribution < -0.4 is 5.32 Å². The van der Waals surface area contributed by atoms with E-state index in [-0.39, 0.29) is 16.9 Å². The molecule has 9 nitrogen and oxygen atoms in total. The molecule has 33 heavy (non-hydrogen) atoms. The minimum atomic E-state index is -0.203. The van der Waals surface area contributed by atoms with Crippen molar-refractivity contribution in [3.05, 3.63) is 12.7 Å². The SMILES string of the molecule is C=CC(=O)NCCOCCOCCOCCOCCOCCOCCOC(C)(C)C(C)(C)C. The average molecular weight is 478 g/mol. The molecule has 0 aliphatic heterocycles. The Morgan fingerprint density at radius 1 is 0.636 bits per heavy atom. The van der Waals surface area contributed by atoms with Gasteiger partial charge >= 0.3 is 0 Å². The second-order valence-corrected chi connectivity index (χ2v) is 8.78. The van der Waals surface area contributed by atoms with Crippen molar-refractivity contribution in [2.24, 2.45) is 5.41 Å². The largest absolute Gasteiger partial charge is 0.377 e. The monoisotopic (exact) mass is 477 g/mol. The zero-order valence-electron chi connectivity index (χ0n) is 21.4. The molecule has 0 aromatic heterocycles. The Kier molecular flexibility index (Phi) is 19.7. The molecule has 0 spiro atoms. The molecule has 0 heterocycles. The van der Waals surface area contributed by atoms with Crippen LogP contribution in [0.3, 0.4) is 0 Å². The number of hydrogen-bond acceptors (Lipinski definition) is 8. The molecule has 0 fully saturated rings. The van der Waals surface area contributed by atoms with E-state index in [2.05, 4.69) is 46.5 Å². The molecular weight excluding hydrogens is 430 g/mol. The second-order valence-electron chi connectivity index (χ2n) is 8.78. The van der Waals surface area contributed by atoms with Crippen LogP contribution in [-0.2, 0) is 38.0 Å². The minimum Gasteiger partial charge on any atom is -0.377 e. The zero-order chi connectivity index (χ0) is 24.8. The lowest BCUT2D eigenvalue weighted by atomic mass is 9.79. The molecule has 0 atom stereocenters. The lowest BCUT2D eigenvalue weighted by Gasteiger charge is -2.38. The van der Waals surface area contributed by atoms with Gasteiger partial charge in [0.2, 0.25) is 5.91 Å². The fourth-order valence-electron chi connectivity index (χ4n) is 2.09. The topological polar surface area (TPSA) is 93.7 Å². The van der Waals surface area contributed by atoms with Crippen molar-refractivity contribution in [1.82, 2.24) is 5.32 Å². The highest BCUT2D eigenvalue weighted by Crippen LogP contribution is 2.32. The third kappa shape index (κ3) is 20.1. The summed E-state index contributed by atoms with van der Waals surface area (Å²) in [5.74, 6) is -0.203. The van der Waals surface area contributed by atoms with Crippen LogP contribution in [0.5, 0.6) is 0 Å². The average Bonchev–Trinajstić information content (AvgIpc) is 2.76. The molecule has 0 radical (unpaired) electrons. The van der Waals surface area contributed by atoms with Gasteiger partial charge in [0.05, 0.1) is 91.5 Å². The molecule has 0 aromatic rings. The predicted molar refractivity (Wildman–Crippen MR) is 128 cm³/mol. The standard InChI is InChI=1S/C24H47NO8/c1-7-22(26)25-8-9-27-10-11-28-12-13-29-14-15-30-16-17-31-18-19-32-20-21-33-24(5,6)23(2,3)4/h7H,1,8-21H2,2-6H3,(H,25,26). The van der Waals surface area contributed by atoms with Gasteiger partial charge in [-0.3, -0.25) is 4.79 Å². The normalized spacial score (nSPS) is 12.2. The number of nitrogens with one attached hydrogen (secondary N) is 1. The van der Waals surface area contributed by atoms with Gasteiger partial charge in [-0.15, -0.1) is 0 Å². The first-order valence-electron chi connectivity index (χ1n) is 11.7. The van der Waals surface area contributed by atoms with E-state index < -0.39 is 0 Å². The molecule has 0 rings (SSSR count). The van der Waals surface area contributed by atoms with Crippen LogP contribution in [0.25, 0.3) is 0 Å². The van der Waals surface area contributed by atoms with Gasteiger partial charge in [-0.1, -0.05) is 27.4 Å². The summed E-state index contributed by atoms with van der Waals surface area (Å²) in [6.07, 6.45) is 1.23. The quantitative estimate of drug-likeness (QED) is 0.177. The Morgan fingerprint density at radius 2 is 0.970 bits per heavy atom. The van der Waals surface area contributed by atoms with Crippen LogP contribution in [0.2, 0.25) is 0 Å². The first-order chi connectivity index (χ1) is 15.7. The van der Waals surface area contributed by atoms with Gasteiger partial charge in [0.1, 0.15) is 0 Å². The van der Waals surface area contributed by atoms with Crippen LogP contribution in [0.4, 0.5) is 0 Å². The van der Waals surface area contributed by atoms with E-state index in [1.165, 1.54) is 6.08 Å². The Balaban J connectivity index is 3.19. The number of carbonyl (C=O) groups excluding carboxylic acids is 1. The van der Waals surface area contributed by atoms with Gasteiger partial charge in [-0.05, 0) is 25.3 Å². The van der Waals surface area contributed by atoms with E-state index in [9.17, 15) is 4.79 Å². The van der Waals surface area contributed by atoms with Crippen molar-refractivity contribution in [3.8, 4) is 0 Å². The molecule has 0 saturated carbocycles. The maximum atomic E-state index is 10.9. The maximum Gasteiger partial charge on any atom is 0.243 e. The highest BCUT2D eigenvalue weighted by atomic mass is 16.6. The number of rotatable bonds is 23. The summed E-state index contributed by atoms with van der Waals surface area (Å²) in [7, 11) is 0. The lowest BCUT2D eigenvalue weighted by molar-refractivity contribution is -0.116. The number of ether oxygens (including phenoxy) is 7. The molecule has 0 aliphatic carbocycles. The molecule has 0 aromatic carbocycles. The van der Waals surface area contributed by atoms with Crippen molar-refractivity contribution in [2.75, 3.05) is 92.4 Å². The number of hydrogen-bond donors (Lipinski definition) is 1. The van der Waals surface area contributed by atoms with E-state index in [0.29, 0.717) is 92.4 Å².